The number of hydrogen-bond acceptors (Lipinski definition) is 3. The molecule has 1 aromatic heterocycles. The van der Waals surface area contributed by atoms with Gasteiger partial charge in [0, 0.05) is 37.7 Å². The fraction of sp³-hybridized carbons (Fsp3) is 0.476. The van der Waals surface area contributed by atoms with Crippen LogP contribution in [0, 0.1) is 5.92 Å². The summed E-state index contributed by atoms with van der Waals surface area (Å²) in [4.78, 5) is 16.7. The molecule has 0 aliphatic carbocycles. The van der Waals surface area contributed by atoms with Crippen LogP contribution < -0.4 is 0 Å². The van der Waals surface area contributed by atoms with Gasteiger partial charge in [0.2, 0.25) is 5.91 Å². The number of furan rings is 1. The Balaban J connectivity index is 1.42. The average molecular weight is 373 g/mol. The molecule has 2 saturated heterocycles. The highest BCUT2D eigenvalue weighted by atomic mass is 35.5. The van der Waals surface area contributed by atoms with Crippen LogP contribution in [0.15, 0.2) is 40.8 Å². The molecule has 2 aliphatic heterocycles. The zero-order valence-electron chi connectivity index (χ0n) is 15.2. The molecule has 0 N–H and O–H groups in total. The third-order valence-electron chi connectivity index (χ3n) is 5.75. The van der Waals surface area contributed by atoms with Gasteiger partial charge in [-0.1, -0.05) is 23.7 Å². The molecule has 1 aromatic carbocycles. The number of carbonyl (C=O) groups excluding carboxylic acids is 1. The molecule has 26 heavy (non-hydrogen) atoms. The van der Waals surface area contributed by atoms with Crippen molar-refractivity contribution < 1.29 is 9.21 Å². The minimum atomic E-state index is 0.331. The second kappa shape index (κ2) is 7.45. The Bertz CT molecular complexity index is 788. The van der Waals surface area contributed by atoms with E-state index in [1.165, 1.54) is 0 Å². The average Bonchev–Trinajstić information content (AvgIpc) is 3.10. The first-order valence-corrected chi connectivity index (χ1v) is 9.89. The number of amides is 1. The Morgan fingerprint density at radius 1 is 1.19 bits per heavy atom. The van der Waals surface area contributed by atoms with Gasteiger partial charge in [-0.05, 0) is 49.9 Å². The van der Waals surface area contributed by atoms with E-state index in [1.807, 2.05) is 36.4 Å². The van der Waals surface area contributed by atoms with E-state index in [1.54, 1.807) is 0 Å². The number of halogens is 1. The Labute approximate surface area is 159 Å². The lowest BCUT2D eigenvalue weighted by molar-refractivity contribution is -0.140. The maximum absolute atomic E-state index is 12.1. The minimum Gasteiger partial charge on any atom is -0.460 e. The van der Waals surface area contributed by atoms with Crippen molar-refractivity contribution in [3.8, 4) is 11.3 Å². The molecular formula is C21H25ClN2O2. The fourth-order valence-electron chi connectivity index (χ4n) is 4.47. The molecule has 0 bridgehead atoms. The van der Waals surface area contributed by atoms with Gasteiger partial charge in [0.25, 0.3) is 0 Å². The van der Waals surface area contributed by atoms with E-state index in [2.05, 4.69) is 16.7 Å². The standard InChI is InChI=1S/C21H25ClN2O2/c1-2-24-19-11-12-23(13-15(19)7-10-21(24)25)14-16-8-9-20(26-16)17-5-3-4-6-18(17)22/h3-6,8-9,15,19H,2,7,10-14H2,1H3/t15-,19+/m1/s1. The maximum atomic E-state index is 12.1. The second-order valence-electron chi connectivity index (χ2n) is 7.32. The molecule has 1 amide bonds. The van der Waals surface area contributed by atoms with Crippen molar-refractivity contribution in [3.05, 3.63) is 47.2 Å². The van der Waals surface area contributed by atoms with E-state index in [4.69, 9.17) is 16.0 Å². The smallest absolute Gasteiger partial charge is 0.222 e. The first kappa shape index (κ1) is 17.6. The molecule has 0 spiro atoms. The van der Waals surface area contributed by atoms with Gasteiger partial charge in [-0.25, -0.2) is 0 Å². The Hall–Kier alpha value is -1.78. The van der Waals surface area contributed by atoms with Crippen molar-refractivity contribution in [2.75, 3.05) is 19.6 Å². The Kier molecular flexibility index (Phi) is 5.05. The highest BCUT2D eigenvalue weighted by molar-refractivity contribution is 6.33. The fourth-order valence-corrected chi connectivity index (χ4v) is 4.70. The van der Waals surface area contributed by atoms with Crippen LogP contribution >= 0.6 is 11.6 Å². The van der Waals surface area contributed by atoms with Gasteiger partial charge in [-0.3, -0.25) is 9.69 Å². The molecule has 3 heterocycles. The molecule has 0 saturated carbocycles. The lowest BCUT2D eigenvalue weighted by atomic mass is 9.83. The van der Waals surface area contributed by atoms with Crippen LogP contribution in [-0.4, -0.2) is 41.4 Å². The van der Waals surface area contributed by atoms with Crippen LogP contribution in [0.4, 0.5) is 0 Å². The number of carbonyl (C=O) groups is 1. The van der Waals surface area contributed by atoms with Crippen molar-refractivity contribution in [1.29, 1.82) is 0 Å². The number of likely N-dealkylation sites (tertiary alicyclic amines) is 2. The zero-order valence-corrected chi connectivity index (χ0v) is 15.9. The second-order valence-corrected chi connectivity index (χ2v) is 7.72. The van der Waals surface area contributed by atoms with Crippen LogP contribution in [-0.2, 0) is 11.3 Å². The molecule has 0 radical (unpaired) electrons. The van der Waals surface area contributed by atoms with Gasteiger partial charge in [0.15, 0.2) is 0 Å². The van der Waals surface area contributed by atoms with Gasteiger partial charge < -0.3 is 9.32 Å². The Morgan fingerprint density at radius 3 is 2.85 bits per heavy atom. The summed E-state index contributed by atoms with van der Waals surface area (Å²) in [6.45, 7) is 5.78. The zero-order chi connectivity index (χ0) is 18.1. The van der Waals surface area contributed by atoms with Gasteiger partial charge in [0.05, 0.1) is 11.6 Å². The van der Waals surface area contributed by atoms with Crippen molar-refractivity contribution in [1.82, 2.24) is 9.80 Å². The molecular weight excluding hydrogens is 348 g/mol. The van der Waals surface area contributed by atoms with E-state index in [9.17, 15) is 4.79 Å². The predicted octanol–water partition coefficient (Wildman–Crippen LogP) is 4.43. The highest BCUT2D eigenvalue weighted by Crippen LogP contribution is 2.33. The summed E-state index contributed by atoms with van der Waals surface area (Å²) in [7, 11) is 0. The first-order valence-electron chi connectivity index (χ1n) is 9.51. The lowest BCUT2D eigenvalue weighted by Gasteiger charge is -2.46. The third-order valence-corrected chi connectivity index (χ3v) is 6.08. The molecule has 4 nitrogen and oxygen atoms in total. The van der Waals surface area contributed by atoms with Crippen LogP contribution in [0.25, 0.3) is 11.3 Å². The summed E-state index contributed by atoms with van der Waals surface area (Å²) in [6, 6.07) is 12.2. The minimum absolute atomic E-state index is 0.331. The van der Waals surface area contributed by atoms with E-state index < -0.39 is 0 Å². The summed E-state index contributed by atoms with van der Waals surface area (Å²) in [5, 5.41) is 0.709. The molecule has 138 valence electrons. The normalized spacial score (nSPS) is 23.9. The molecule has 0 unspecified atom stereocenters. The summed E-state index contributed by atoms with van der Waals surface area (Å²) in [6.07, 6.45) is 2.77. The van der Waals surface area contributed by atoms with Crippen LogP contribution in [0.1, 0.15) is 31.9 Å². The molecule has 2 atom stereocenters. The number of nitrogens with zero attached hydrogens (tertiary/aromatic N) is 2. The van der Waals surface area contributed by atoms with E-state index in [0.717, 1.165) is 56.1 Å². The number of piperidine rings is 2. The van der Waals surface area contributed by atoms with Crippen molar-refractivity contribution in [2.24, 2.45) is 5.92 Å². The van der Waals surface area contributed by atoms with Crippen LogP contribution in [0.2, 0.25) is 5.02 Å². The quantitative estimate of drug-likeness (QED) is 0.796. The van der Waals surface area contributed by atoms with Gasteiger partial charge in [0.1, 0.15) is 11.5 Å². The van der Waals surface area contributed by atoms with Gasteiger partial charge in [-0.15, -0.1) is 0 Å². The number of rotatable bonds is 4. The summed E-state index contributed by atoms with van der Waals surface area (Å²) < 4.78 is 6.06. The van der Waals surface area contributed by atoms with Gasteiger partial charge >= 0.3 is 0 Å². The Morgan fingerprint density at radius 2 is 2.04 bits per heavy atom. The molecule has 2 fully saturated rings. The summed E-state index contributed by atoms with van der Waals surface area (Å²) in [5.41, 5.74) is 0.934. The predicted molar refractivity (Wildman–Crippen MR) is 103 cm³/mol. The van der Waals surface area contributed by atoms with Gasteiger partial charge in [-0.2, -0.15) is 0 Å². The number of benzene rings is 1. The monoisotopic (exact) mass is 372 g/mol. The first-order chi connectivity index (χ1) is 12.7. The summed E-state index contributed by atoms with van der Waals surface area (Å²) in [5.74, 6) is 2.70. The van der Waals surface area contributed by atoms with E-state index in [-0.39, 0.29) is 0 Å². The molecule has 4 rings (SSSR count). The number of fused-ring (bicyclic) bond motifs is 1. The van der Waals surface area contributed by atoms with Crippen LogP contribution in [0.5, 0.6) is 0 Å². The van der Waals surface area contributed by atoms with E-state index in [0.29, 0.717) is 29.3 Å². The maximum Gasteiger partial charge on any atom is 0.222 e. The molecule has 2 aliphatic rings. The van der Waals surface area contributed by atoms with Crippen molar-refractivity contribution in [3.63, 3.8) is 0 Å². The molecule has 5 heteroatoms. The topological polar surface area (TPSA) is 36.7 Å². The third kappa shape index (κ3) is 3.40. The largest absolute Gasteiger partial charge is 0.460 e. The lowest BCUT2D eigenvalue weighted by Crippen LogP contribution is -2.55. The van der Waals surface area contributed by atoms with Crippen LogP contribution in [0.3, 0.4) is 0 Å². The van der Waals surface area contributed by atoms with Crippen molar-refractivity contribution >= 4 is 17.5 Å². The highest BCUT2D eigenvalue weighted by Gasteiger charge is 2.38. The van der Waals surface area contributed by atoms with E-state index >= 15 is 0 Å². The summed E-state index contributed by atoms with van der Waals surface area (Å²) >= 11 is 6.27. The number of hydrogen-bond donors (Lipinski definition) is 0. The van der Waals surface area contributed by atoms with Crippen molar-refractivity contribution in [2.45, 2.75) is 38.8 Å². The SMILES string of the molecule is CCN1C(=O)CC[C@@H]2CN(Cc3ccc(-c4ccccc4Cl)o3)CC[C@@H]21. The molecule has 2 aromatic rings.